The smallest absolute Gasteiger partial charge is 0.251 e. The highest BCUT2D eigenvalue weighted by atomic mass is 16.5. The van der Waals surface area contributed by atoms with Crippen molar-refractivity contribution in [2.45, 2.75) is 51.2 Å². The van der Waals surface area contributed by atoms with Gasteiger partial charge in [-0.15, -0.1) is 0 Å². The first-order valence-electron chi connectivity index (χ1n) is 7.82. The monoisotopic (exact) mass is 285 g/mol. The SMILES string of the molecule is CC(OCC1CCOCC1)C(O)C(=O)NCC1CCC1. The fourth-order valence-corrected chi connectivity index (χ4v) is 2.55. The number of hydrogen-bond acceptors (Lipinski definition) is 4. The zero-order valence-corrected chi connectivity index (χ0v) is 12.3. The Morgan fingerprint density at radius 1 is 1.30 bits per heavy atom. The minimum absolute atomic E-state index is 0.309. The lowest BCUT2D eigenvalue weighted by molar-refractivity contribution is -0.138. The van der Waals surface area contributed by atoms with E-state index in [1.54, 1.807) is 6.92 Å². The van der Waals surface area contributed by atoms with Gasteiger partial charge < -0.3 is 19.9 Å². The number of aliphatic hydroxyl groups is 1. The van der Waals surface area contributed by atoms with Crippen LogP contribution in [-0.2, 0) is 14.3 Å². The molecule has 1 amide bonds. The van der Waals surface area contributed by atoms with Crippen molar-refractivity contribution < 1.29 is 19.4 Å². The average molecular weight is 285 g/mol. The van der Waals surface area contributed by atoms with Gasteiger partial charge in [-0.2, -0.15) is 0 Å². The Kier molecular flexibility index (Phi) is 6.26. The minimum Gasteiger partial charge on any atom is -0.381 e. The van der Waals surface area contributed by atoms with E-state index in [1.165, 1.54) is 19.3 Å². The first-order chi connectivity index (χ1) is 9.66. The van der Waals surface area contributed by atoms with Crippen LogP contribution in [0.1, 0.15) is 39.0 Å². The molecular formula is C15H27NO4. The van der Waals surface area contributed by atoms with Crippen molar-refractivity contribution in [2.75, 3.05) is 26.4 Å². The number of hydrogen-bond donors (Lipinski definition) is 2. The van der Waals surface area contributed by atoms with E-state index in [1.807, 2.05) is 0 Å². The maximum atomic E-state index is 11.8. The van der Waals surface area contributed by atoms with Crippen LogP contribution in [0.2, 0.25) is 0 Å². The highest BCUT2D eigenvalue weighted by molar-refractivity contribution is 5.81. The molecule has 2 N–H and O–H groups in total. The second-order valence-corrected chi connectivity index (χ2v) is 6.08. The van der Waals surface area contributed by atoms with Crippen LogP contribution in [-0.4, -0.2) is 49.6 Å². The van der Waals surface area contributed by atoms with Gasteiger partial charge in [-0.1, -0.05) is 6.42 Å². The summed E-state index contributed by atoms with van der Waals surface area (Å²) in [5.74, 6) is 0.775. The summed E-state index contributed by atoms with van der Waals surface area (Å²) in [7, 11) is 0. The van der Waals surface area contributed by atoms with Gasteiger partial charge in [0.15, 0.2) is 6.10 Å². The highest BCUT2D eigenvalue weighted by Gasteiger charge is 2.26. The molecule has 0 aromatic rings. The minimum atomic E-state index is -1.07. The maximum absolute atomic E-state index is 11.8. The van der Waals surface area contributed by atoms with Gasteiger partial charge in [0, 0.05) is 19.8 Å². The maximum Gasteiger partial charge on any atom is 0.251 e. The molecule has 2 aliphatic rings. The lowest BCUT2D eigenvalue weighted by atomic mass is 9.85. The summed E-state index contributed by atoms with van der Waals surface area (Å²) in [5.41, 5.74) is 0. The molecule has 1 saturated carbocycles. The molecule has 0 aromatic carbocycles. The molecule has 5 heteroatoms. The van der Waals surface area contributed by atoms with Gasteiger partial charge in [-0.05, 0) is 44.4 Å². The molecule has 5 nitrogen and oxygen atoms in total. The van der Waals surface area contributed by atoms with Crippen LogP contribution in [0.15, 0.2) is 0 Å². The third-order valence-electron chi connectivity index (χ3n) is 4.44. The molecule has 0 radical (unpaired) electrons. The summed E-state index contributed by atoms with van der Waals surface area (Å²) >= 11 is 0. The fraction of sp³-hybridized carbons (Fsp3) is 0.933. The van der Waals surface area contributed by atoms with Crippen LogP contribution in [0.4, 0.5) is 0 Å². The third-order valence-corrected chi connectivity index (χ3v) is 4.44. The van der Waals surface area contributed by atoms with E-state index in [9.17, 15) is 9.90 Å². The van der Waals surface area contributed by atoms with Crippen LogP contribution >= 0.6 is 0 Å². The van der Waals surface area contributed by atoms with Crippen LogP contribution in [0.25, 0.3) is 0 Å². The van der Waals surface area contributed by atoms with Gasteiger partial charge in [0.25, 0.3) is 5.91 Å². The van der Waals surface area contributed by atoms with Crippen molar-refractivity contribution in [1.82, 2.24) is 5.32 Å². The number of carbonyl (C=O) groups excluding carboxylic acids is 1. The molecule has 0 aromatic heterocycles. The predicted molar refractivity (Wildman–Crippen MR) is 75.3 cm³/mol. The molecule has 1 saturated heterocycles. The number of aliphatic hydroxyl groups excluding tert-OH is 1. The van der Waals surface area contributed by atoms with Crippen LogP contribution in [0, 0.1) is 11.8 Å². The molecule has 20 heavy (non-hydrogen) atoms. The van der Waals surface area contributed by atoms with Crippen molar-refractivity contribution in [3.8, 4) is 0 Å². The van der Waals surface area contributed by atoms with Gasteiger partial charge in [0.2, 0.25) is 0 Å². The Morgan fingerprint density at radius 2 is 2.00 bits per heavy atom. The Labute approximate surface area is 121 Å². The average Bonchev–Trinajstić information content (AvgIpc) is 2.43. The van der Waals surface area contributed by atoms with Crippen molar-refractivity contribution >= 4 is 5.91 Å². The summed E-state index contributed by atoms with van der Waals surface area (Å²) in [6.07, 6.45) is 4.09. The van der Waals surface area contributed by atoms with Gasteiger partial charge in [-0.3, -0.25) is 4.79 Å². The van der Waals surface area contributed by atoms with Gasteiger partial charge in [-0.25, -0.2) is 0 Å². The second-order valence-electron chi connectivity index (χ2n) is 6.08. The zero-order valence-electron chi connectivity index (χ0n) is 12.3. The normalized spacial score (nSPS) is 23.9. The standard InChI is InChI=1S/C15H27NO4/c1-11(20-10-13-5-7-19-8-6-13)14(17)15(18)16-9-12-3-2-4-12/h11-14,17H,2-10H2,1H3,(H,16,18). The van der Waals surface area contributed by atoms with Crippen molar-refractivity contribution in [3.63, 3.8) is 0 Å². The summed E-state index contributed by atoms with van der Waals surface area (Å²) in [6, 6.07) is 0. The molecular weight excluding hydrogens is 258 g/mol. The summed E-state index contributed by atoms with van der Waals surface area (Å²) in [5, 5.41) is 12.8. The van der Waals surface area contributed by atoms with E-state index in [0.29, 0.717) is 25.0 Å². The lowest BCUT2D eigenvalue weighted by Crippen LogP contribution is -2.44. The van der Waals surface area contributed by atoms with Crippen molar-refractivity contribution in [3.05, 3.63) is 0 Å². The Hall–Kier alpha value is -0.650. The summed E-state index contributed by atoms with van der Waals surface area (Å²) < 4.78 is 10.9. The Balaban J connectivity index is 1.61. The van der Waals surface area contributed by atoms with Crippen molar-refractivity contribution in [1.29, 1.82) is 0 Å². The predicted octanol–water partition coefficient (Wildman–Crippen LogP) is 1.10. The zero-order chi connectivity index (χ0) is 14.4. The number of ether oxygens (including phenoxy) is 2. The first-order valence-corrected chi connectivity index (χ1v) is 7.82. The topological polar surface area (TPSA) is 67.8 Å². The first kappa shape index (κ1) is 15.7. The molecule has 2 atom stereocenters. The second kappa shape index (κ2) is 7.96. The molecule has 2 fully saturated rings. The van der Waals surface area contributed by atoms with E-state index in [2.05, 4.69) is 5.32 Å². The number of amides is 1. The molecule has 116 valence electrons. The van der Waals surface area contributed by atoms with Gasteiger partial charge in [0.1, 0.15) is 0 Å². The third kappa shape index (κ3) is 4.72. The number of nitrogens with one attached hydrogen (secondary N) is 1. The Morgan fingerprint density at radius 3 is 2.60 bits per heavy atom. The van der Waals surface area contributed by atoms with E-state index in [0.717, 1.165) is 26.1 Å². The van der Waals surface area contributed by atoms with E-state index >= 15 is 0 Å². The summed E-state index contributed by atoms with van der Waals surface area (Å²) in [6.45, 7) is 4.60. The molecule has 0 spiro atoms. The highest BCUT2D eigenvalue weighted by Crippen LogP contribution is 2.25. The van der Waals surface area contributed by atoms with Gasteiger partial charge >= 0.3 is 0 Å². The van der Waals surface area contributed by atoms with E-state index in [-0.39, 0.29) is 5.91 Å². The molecule has 0 bridgehead atoms. The Bertz CT molecular complexity index is 300. The molecule has 2 rings (SSSR count). The number of rotatable bonds is 7. The van der Waals surface area contributed by atoms with Crippen LogP contribution < -0.4 is 5.32 Å². The van der Waals surface area contributed by atoms with Crippen molar-refractivity contribution in [2.24, 2.45) is 11.8 Å². The molecule has 1 aliphatic carbocycles. The van der Waals surface area contributed by atoms with Crippen LogP contribution in [0.3, 0.4) is 0 Å². The quantitative estimate of drug-likeness (QED) is 0.735. The lowest BCUT2D eigenvalue weighted by Gasteiger charge is -2.27. The van der Waals surface area contributed by atoms with Gasteiger partial charge in [0.05, 0.1) is 12.7 Å². The van der Waals surface area contributed by atoms with E-state index in [4.69, 9.17) is 9.47 Å². The molecule has 1 aliphatic heterocycles. The van der Waals surface area contributed by atoms with E-state index < -0.39 is 12.2 Å². The summed E-state index contributed by atoms with van der Waals surface area (Å²) in [4.78, 5) is 11.8. The fourth-order valence-electron chi connectivity index (χ4n) is 2.55. The molecule has 1 heterocycles. The van der Waals surface area contributed by atoms with Crippen LogP contribution in [0.5, 0.6) is 0 Å². The number of carbonyl (C=O) groups is 1. The molecule has 2 unspecified atom stereocenters. The largest absolute Gasteiger partial charge is 0.381 e.